The summed E-state index contributed by atoms with van der Waals surface area (Å²) in [6.45, 7) is 0. The molecule has 2 heterocycles. The van der Waals surface area contributed by atoms with Gasteiger partial charge in [0.15, 0.2) is 0 Å². The number of aromatic carboxylic acids is 2. The summed E-state index contributed by atoms with van der Waals surface area (Å²) in [5.41, 5.74) is 4.07. The van der Waals surface area contributed by atoms with Gasteiger partial charge < -0.3 is 10.2 Å². The second-order valence-electron chi connectivity index (χ2n) is 12.1. The van der Waals surface area contributed by atoms with Gasteiger partial charge in [0.1, 0.15) is 0 Å². The number of carboxylic acid groups (broad SMARTS) is 2. The fourth-order valence-corrected chi connectivity index (χ4v) is 7.61. The van der Waals surface area contributed by atoms with Gasteiger partial charge >= 0.3 is 33.8 Å². The van der Waals surface area contributed by atoms with Gasteiger partial charge in [0.05, 0.1) is 34.3 Å². The molecule has 4 aliphatic rings. The zero-order chi connectivity index (χ0) is 35.2. The maximum absolute atomic E-state index is 13.9. The molecule has 9 rings (SSSR count). The quantitative estimate of drug-likeness (QED) is 0.132. The summed E-state index contributed by atoms with van der Waals surface area (Å²) in [7, 11) is 0. The molecule has 0 radical (unpaired) electrons. The first-order chi connectivity index (χ1) is 24.2. The molecule has 2 atom stereocenters. The Morgan fingerprint density at radius 3 is 1.24 bits per heavy atom. The van der Waals surface area contributed by atoms with Gasteiger partial charge in [0.2, 0.25) is 11.8 Å². The topological polar surface area (TPSA) is 166 Å². The predicted molar refractivity (Wildman–Crippen MR) is 176 cm³/mol. The Morgan fingerprint density at radius 2 is 0.900 bits per heavy atom. The molecule has 238 valence electrons. The fraction of sp³-hybridized carbons (Fsp3) is 0.0526. The Balaban J connectivity index is 0.00000177. The Bertz CT molecular complexity index is 2350. The summed E-state index contributed by atoms with van der Waals surface area (Å²) in [5, 5.41) is 21.6. The standard InChI is InChI=1S/C38H20N2O8.O.Zn/c41-33-25-13-9-21-23-11-15-27-32-28(36(44)40(35(27)43)20-7-3-18(4-8-20)38(47)48)16-12-24(30(23)32)22-10-14-26(31(25)29(21)22)34(42)39(33)19-5-1-17(2-6-19)37(45)46;;/h1-16,25,27H,(H,45,46)(H,47,48);;. The van der Waals surface area contributed by atoms with Crippen LogP contribution in [0.1, 0.15) is 75.5 Å². The number of fused-ring (bicyclic) bond motifs is 2. The molecule has 50 heavy (non-hydrogen) atoms. The van der Waals surface area contributed by atoms with Crippen LogP contribution >= 0.6 is 0 Å². The van der Waals surface area contributed by atoms with Gasteiger partial charge in [-0.2, -0.15) is 0 Å². The second-order valence-corrected chi connectivity index (χ2v) is 12.1. The molecule has 5 aromatic carbocycles. The van der Waals surface area contributed by atoms with E-state index in [4.69, 9.17) is 3.57 Å². The number of carbonyl (C=O) groups is 6. The Hall–Kier alpha value is -6.26. The molecule has 0 aromatic heterocycles. The van der Waals surface area contributed by atoms with Crippen LogP contribution in [0.2, 0.25) is 0 Å². The number of hydrogen-bond acceptors (Lipinski definition) is 7. The molecular weight excluding hydrogens is 694 g/mol. The van der Waals surface area contributed by atoms with Crippen LogP contribution in [0.4, 0.5) is 11.4 Å². The number of rotatable bonds is 4. The first-order valence-corrected chi connectivity index (χ1v) is 16.5. The average molecular weight is 714 g/mol. The van der Waals surface area contributed by atoms with E-state index in [0.717, 1.165) is 42.5 Å². The number of benzene rings is 5. The van der Waals surface area contributed by atoms with E-state index < -0.39 is 47.4 Å². The second kappa shape index (κ2) is 11.1. The molecule has 0 bridgehead atoms. The van der Waals surface area contributed by atoms with Crippen molar-refractivity contribution in [3.05, 3.63) is 129 Å². The number of nitrogens with zero attached hydrogens (tertiary/aromatic N) is 2. The number of amides is 4. The third-order valence-corrected chi connectivity index (χ3v) is 9.73. The van der Waals surface area contributed by atoms with Crippen LogP contribution in [0, 0.1) is 0 Å². The minimum atomic E-state index is -1.12. The summed E-state index contributed by atoms with van der Waals surface area (Å²) in [5.74, 6) is -5.69. The molecule has 2 aliphatic heterocycles. The van der Waals surface area contributed by atoms with Crippen molar-refractivity contribution in [3.63, 3.8) is 0 Å². The summed E-state index contributed by atoms with van der Waals surface area (Å²) in [6, 6.07) is 18.2. The van der Waals surface area contributed by atoms with Crippen molar-refractivity contribution < 1.29 is 60.8 Å². The van der Waals surface area contributed by atoms with Gasteiger partial charge in [-0.15, -0.1) is 0 Å². The molecule has 0 fully saturated rings. The molecule has 0 saturated heterocycles. The van der Waals surface area contributed by atoms with Crippen molar-refractivity contribution in [1.29, 1.82) is 0 Å². The molecule has 11 nitrogen and oxygen atoms in total. The van der Waals surface area contributed by atoms with Crippen LogP contribution < -0.4 is 9.80 Å². The first-order valence-electron chi connectivity index (χ1n) is 15.3. The molecule has 12 heteroatoms. The third kappa shape index (κ3) is 4.12. The normalized spacial score (nSPS) is 18.0. The van der Waals surface area contributed by atoms with Gasteiger partial charge in [-0.1, -0.05) is 36.4 Å². The monoisotopic (exact) mass is 712 g/mol. The van der Waals surface area contributed by atoms with E-state index in [1.807, 2.05) is 24.3 Å². The molecule has 2 N–H and O–H groups in total. The van der Waals surface area contributed by atoms with Crippen molar-refractivity contribution in [2.75, 3.05) is 9.80 Å². The maximum atomic E-state index is 13.9. The van der Waals surface area contributed by atoms with Crippen LogP contribution in [0.5, 0.6) is 0 Å². The van der Waals surface area contributed by atoms with Gasteiger partial charge in [-0.25, -0.2) is 19.4 Å². The van der Waals surface area contributed by atoms with Gasteiger partial charge in [0.25, 0.3) is 11.8 Å². The van der Waals surface area contributed by atoms with Crippen LogP contribution in [-0.4, -0.2) is 45.8 Å². The summed E-state index contributed by atoms with van der Waals surface area (Å²) >= 11 is 0.125. The zero-order valence-corrected chi connectivity index (χ0v) is 28.7. The van der Waals surface area contributed by atoms with Crippen LogP contribution in [0.3, 0.4) is 0 Å². The van der Waals surface area contributed by atoms with Gasteiger partial charge in [-0.3, -0.25) is 19.2 Å². The van der Waals surface area contributed by atoms with Crippen molar-refractivity contribution in [3.8, 4) is 0 Å². The Labute approximate surface area is 291 Å². The molecule has 2 aliphatic carbocycles. The van der Waals surface area contributed by atoms with Crippen molar-refractivity contribution >= 4 is 80.6 Å². The van der Waals surface area contributed by atoms with Crippen molar-refractivity contribution in [2.45, 2.75) is 11.8 Å². The van der Waals surface area contributed by atoms with E-state index in [9.17, 15) is 39.0 Å². The number of hydrogen-bond donors (Lipinski definition) is 2. The Kier molecular flexibility index (Phi) is 6.92. The van der Waals surface area contributed by atoms with Crippen molar-refractivity contribution in [1.82, 2.24) is 0 Å². The summed E-state index contributed by atoms with van der Waals surface area (Å²) in [6.07, 6.45) is 7.21. The van der Waals surface area contributed by atoms with E-state index in [0.29, 0.717) is 22.3 Å². The SMILES string of the molecule is O=C(O)c1ccc(N2C(=O)c3ccc4c5c(c6c7c8c(ccc74)C(=O)N(c4ccc(C(=O)O)cc4)C(=O)C8C=C6)C=CC(C2=O)c35)cc1.[O]=[Zn]. The number of carboxylic acids is 2. The van der Waals surface area contributed by atoms with E-state index >= 15 is 0 Å². The molecule has 0 saturated carbocycles. The van der Waals surface area contributed by atoms with E-state index in [2.05, 4.69) is 0 Å². The first kappa shape index (κ1) is 31.0. The number of imide groups is 2. The van der Waals surface area contributed by atoms with Gasteiger partial charge in [0, 0.05) is 11.1 Å². The number of anilines is 2. The van der Waals surface area contributed by atoms with Crippen molar-refractivity contribution in [2.24, 2.45) is 0 Å². The van der Waals surface area contributed by atoms with E-state index in [1.54, 1.807) is 24.3 Å². The van der Waals surface area contributed by atoms with Crippen LogP contribution in [0.15, 0.2) is 84.9 Å². The minimum absolute atomic E-state index is 0.0353. The van der Waals surface area contributed by atoms with Crippen LogP contribution in [-0.2, 0) is 31.4 Å². The van der Waals surface area contributed by atoms with E-state index in [1.165, 1.54) is 48.5 Å². The molecular formula is C38H20N2O9Zn. The predicted octanol–water partition coefficient (Wildman–Crippen LogP) is 5.86. The molecule has 5 aromatic rings. The fourth-order valence-electron chi connectivity index (χ4n) is 7.61. The molecule has 0 spiro atoms. The average Bonchev–Trinajstić information content (AvgIpc) is 3.13. The summed E-state index contributed by atoms with van der Waals surface area (Å²) in [4.78, 5) is 80.5. The zero-order valence-electron chi connectivity index (χ0n) is 25.7. The number of carbonyl (C=O) groups excluding carboxylic acids is 4. The molecule has 2 unspecified atom stereocenters. The van der Waals surface area contributed by atoms with Crippen LogP contribution in [0.25, 0.3) is 33.7 Å². The van der Waals surface area contributed by atoms with E-state index in [-0.39, 0.29) is 40.8 Å². The Morgan fingerprint density at radius 1 is 0.540 bits per heavy atom. The third-order valence-electron chi connectivity index (χ3n) is 9.73. The summed E-state index contributed by atoms with van der Waals surface area (Å²) < 4.78 is 8.38. The van der Waals surface area contributed by atoms with Gasteiger partial charge in [-0.05, 0) is 104 Å². The molecule has 4 amide bonds.